The third-order valence-electron chi connectivity index (χ3n) is 14.0. The van der Waals surface area contributed by atoms with Crippen LogP contribution < -0.4 is 5.73 Å². The van der Waals surface area contributed by atoms with Crippen LogP contribution in [0.2, 0.25) is 0 Å². The molecular formula is C69H69ClF9NO2. The number of carbonyl (C=O) groups is 2. The molecule has 0 unspecified atom stereocenters. The summed E-state index contributed by atoms with van der Waals surface area (Å²) in [5, 5.41) is 6.79. The Labute approximate surface area is 480 Å². The number of aryl methyl sites for hydroxylation is 3. The van der Waals surface area contributed by atoms with Crippen molar-refractivity contribution in [1.29, 1.82) is 0 Å². The van der Waals surface area contributed by atoms with Crippen molar-refractivity contribution >= 4 is 54.9 Å². The molecule has 82 heavy (non-hydrogen) atoms. The quantitative estimate of drug-likeness (QED) is 0.0596. The molecule has 0 radical (unpaired) electrons. The Morgan fingerprint density at radius 1 is 0.427 bits per heavy atom. The average molecular weight is 1150 g/mol. The van der Waals surface area contributed by atoms with Gasteiger partial charge in [-0.1, -0.05) is 210 Å². The molecule has 0 saturated heterocycles. The molecule has 0 spiro atoms. The number of halogens is 10. The van der Waals surface area contributed by atoms with Gasteiger partial charge in [-0.15, -0.1) is 0 Å². The molecular weight excluding hydrogens is 1080 g/mol. The maximum atomic E-state index is 12.8. The largest absolute Gasteiger partial charge is 0.416 e. The van der Waals surface area contributed by atoms with E-state index in [4.69, 9.17) is 17.3 Å². The molecule has 0 heterocycles. The van der Waals surface area contributed by atoms with Crippen LogP contribution in [0.15, 0.2) is 200 Å². The highest BCUT2D eigenvalue weighted by Crippen LogP contribution is 2.34. The standard InChI is InChI=1S/C23H21F3O.C23H23F3.C12H13N.C10H8ClF3O.CH4/c1-16(21-11-5-8-18-7-2-3-10-22(18)21)14-20(27)13-12-17-6-4-9-19(15-17)23(24,25)26;1-17(21-15-7-12-19-11-4-5-14-22(19)21)8-2-3-9-18-10-6-13-20(16-18)23(24,25)26;1-9(13)11-8-4-6-10-5-2-3-7-12(10)11;11-9(15)5-4-7-2-1-3-8(6-7)10(12,13)14;/h2-11,15-16H,12-14H2,1H3;4-7,10-17H,2-3,8-9H2,1H3;2-9H,13H2,1H3;1-3,6H,4-5H2;1H4/t16-;17-;9-;;/m001../s1. The van der Waals surface area contributed by atoms with Crippen LogP contribution in [0.3, 0.4) is 0 Å². The lowest BCUT2D eigenvalue weighted by molar-refractivity contribution is -0.138. The van der Waals surface area contributed by atoms with E-state index in [9.17, 15) is 49.1 Å². The number of nitrogens with two attached hydrogens (primary N) is 1. The lowest BCUT2D eigenvalue weighted by Gasteiger charge is -2.15. The monoisotopic (exact) mass is 1150 g/mol. The Kier molecular flexibility index (Phi) is 24.5. The molecule has 9 aromatic rings. The van der Waals surface area contributed by atoms with Gasteiger partial charge >= 0.3 is 18.5 Å². The van der Waals surface area contributed by atoms with E-state index in [1.165, 1.54) is 63.0 Å². The SMILES string of the molecule is C.C[C@@H](CC(=O)CCc1cccc(C(F)(F)F)c1)c1cccc2ccccc12.C[C@@H](CCCCc1cccc(C(F)(F)F)c1)c1cccc2ccccc12.C[C@@H](N)c1cccc2ccccc12.O=C(Cl)CCc1cccc(C(F)(F)F)c1. The van der Waals surface area contributed by atoms with Gasteiger partial charge in [0.15, 0.2) is 0 Å². The van der Waals surface area contributed by atoms with Crippen molar-refractivity contribution < 1.29 is 49.1 Å². The van der Waals surface area contributed by atoms with Crippen LogP contribution in [-0.4, -0.2) is 11.0 Å². The van der Waals surface area contributed by atoms with Crippen molar-refractivity contribution in [1.82, 2.24) is 0 Å². The van der Waals surface area contributed by atoms with Crippen molar-refractivity contribution in [2.75, 3.05) is 0 Å². The number of benzene rings is 9. The number of carbonyl (C=O) groups excluding carboxylic acids is 2. The van der Waals surface area contributed by atoms with Crippen LogP contribution >= 0.6 is 11.6 Å². The third kappa shape index (κ3) is 20.0. The highest BCUT2D eigenvalue weighted by Gasteiger charge is 2.32. The predicted molar refractivity (Wildman–Crippen MR) is 317 cm³/mol. The fourth-order valence-corrected chi connectivity index (χ4v) is 9.83. The zero-order valence-corrected chi connectivity index (χ0v) is 46.1. The smallest absolute Gasteiger partial charge is 0.324 e. The summed E-state index contributed by atoms with van der Waals surface area (Å²) in [6.45, 7) is 6.26. The minimum atomic E-state index is -4.36. The van der Waals surface area contributed by atoms with Crippen LogP contribution in [0.5, 0.6) is 0 Å². The first kappa shape index (κ1) is 65.5. The Bertz CT molecular complexity index is 3460. The molecule has 0 bridgehead atoms. The van der Waals surface area contributed by atoms with Crippen LogP contribution in [-0.2, 0) is 47.4 Å². The summed E-state index contributed by atoms with van der Waals surface area (Å²) in [6, 6.07) is 59.4. The molecule has 0 fully saturated rings. The number of fused-ring (bicyclic) bond motifs is 3. The minimum Gasteiger partial charge on any atom is -0.324 e. The molecule has 3 nitrogen and oxygen atoms in total. The van der Waals surface area contributed by atoms with Gasteiger partial charge in [0, 0.05) is 25.3 Å². The molecule has 0 aliphatic rings. The molecule has 0 saturated carbocycles. The molecule has 432 valence electrons. The van der Waals surface area contributed by atoms with E-state index in [1.54, 1.807) is 12.1 Å². The fraction of sp³-hybridized carbons (Fsp3) is 0.275. The van der Waals surface area contributed by atoms with E-state index in [1.807, 2.05) is 74.5 Å². The van der Waals surface area contributed by atoms with Gasteiger partial charge in [-0.2, -0.15) is 39.5 Å². The predicted octanol–water partition coefficient (Wildman–Crippen LogP) is 20.8. The Hall–Kier alpha value is -7.28. The van der Waals surface area contributed by atoms with Crippen LogP contribution in [0, 0.1) is 0 Å². The molecule has 13 heteroatoms. The number of unbranched alkanes of at least 4 members (excludes halogenated alkanes) is 1. The van der Waals surface area contributed by atoms with E-state index < -0.39 is 40.5 Å². The van der Waals surface area contributed by atoms with Gasteiger partial charge in [0.1, 0.15) is 5.78 Å². The summed E-state index contributed by atoms with van der Waals surface area (Å²) < 4.78 is 114. The van der Waals surface area contributed by atoms with E-state index in [0.717, 1.165) is 71.5 Å². The first-order valence-electron chi connectivity index (χ1n) is 26.8. The van der Waals surface area contributed by atoms with E-state index in [0.29, 0.717) is 36.3 Å². The Morgan fingerprint density at radius 3 is 1.17 bits per heavy atom. The molecule has 9 rings (SSSR count). The number of Topliss-reactive ketones (excluding diaryl/α,β-unsaturated/α-hetero) is 1. The molecule has 0 aromatic heterocycles. The van der Waals surface area contributed by atoms with Gasteiger partial charge in [0.05, 0.1) is 16.7 Å². The number of alkyl halides is 9. The number of rotatable bonds is 16. The maximum Gasteiger partial charge on any atom is 0.416 e. The van der Waals surface area contributed by atoms with Gasteiger partial charge in [-0.05, 0) is 146 Å². The first-order valence-corrected chi connectivity index (χ1v) is 27.2. The second kappa shape index (κ2) is 30.7. The molecule has 2 N–H and O–H groups in total. The first-order chi connectivity index (χ1) is 38.5. The van der Waals surface area contributed by atoms with E-state index in [-0.39, 0.29) is 44.4 Å². The van der Waals surface area contributed by atoms with Crippen LogP contribution in [0.25, 0.3) is 32.3 Å². The van der Waals surface area contributed by atoms with Crippen LogP contribution in [0.4, 0.5) is 39.5 Å². The molecule has 3 atom stereocenters. The molecule has 0 amide bonds. The summed E-state index contributed by atoms with van der Waals surface area (Å²) in [7, 11) is 0. The van der Waals surface area contributed by atoms with Gasteiger partial charge in [0.25, 0.3) is 0 Å². The summed E-state index contributed by atoms with van der Waals surface area (Å²) in [5.41, 5.74) is 9.40. The zero-order chi connectivity index (χ0) is 58.7. The average Bonchev–Trinajstić information content (AvgIpc) is 3.65. The zero-order valence-electron chi connectivity index (χ0n) is 45.3. The lowest BCUT2D eigenvalue weighted by Crippen LogP contribution is -2.08. The summed E-state index contributed by atoms with van der Waals surface area (Å²) >= 11 is 5.10. The lowest BCUT2D eigenvalue weighted by atomic mass is 9.90. The van der Waals surface area contributed by atoms with Crippen LogP contribution in [0.1, 0.15) is 135 Å². The van der Waals surface area contributed by atoms with Crippen molar-refractivity contribution in [2.24, 2.45) is 5.73 Å². The maximum absolute atomic E-state index is 12.8. The number of hydrogen-bond acceptors (Lipinski definition) is 3. The van der Waals surface area contributed by atoms with Crippen molar-refractivity contribution in [3.63, 3.8) is 0 Å². The van der Waals surface area contributed by atoms with E-state index in [2.05, 4.69) is 73.7 Å². The third-order valence-corrected chi connectivity index (χ3v) is 14.2. The van der Waals surface area contributed by atoms with Gasteiger partial charge in [-0.25, -0.2) is 0 Å². The van der Waals surface area contributed by atoms with Crippen molar-refractivity contribution in [2.45, 2.75) is 122 Å². The van der Waals surface area contributed by atoms with Gasteiger partial charge in [0.2, 0.25) is 5.24 Å². The van der Waals surface area contributed by atoms with Crippen molar-refractivity contribution in [3.8, 4) is 0 Å². The topological polar surface area (TPSA) is 60.2 Å². The van der Waals surface area contributed by atoms with Gasteiger partial charge < -0.3 is 5.73 Å². The number of hydrogen-bond donors (Lipinski definition) is 1. The number of ketones is 1. The Balaban J connectivity index is 0.000000208. The second-order valence-electron chi connectivity index (χ2n) is 20.2. The molecule has 0 aliphatic heterocycles. The minimum absolute atomic E-state index is 0. The Morgan fingerprint density at radius 2 is 0.768 bits per heavy atom. The van der Waals surface area contributed by atoms with E-state index >= 15 is 0 Å². The van der Waals surface area contributed by atoms with Crippen molar-refractivity contribution in [3.05, 3.63) is 250 Å². The highest BCUT2D eigenvalue weighted by molar-refractivity contribution is 6.63. The van der Waals surface area contributed by atoms with Gasteiger partial charge in [-0.3, -0.25) is 9.59 Å². The normalized spacial score (nSPS) is 12.6. The highest BCUT2D eigenvalue weighted by atomic mass is 35.5. The summed E-state index contributed by atoms with van der Waals surface area (Å²) in [4.78, 5) is 22.8. The molecule has 0 aliphatic carbocycles. The molecule has 9 aromatic carbocycles. The second-order valence-corrected chi connectivity index (χ2v) is 20.7. The summed E-state index contributed by atoms with van der Waals surface area (Å²) in [5.74, 6) is 0.556. The summed E-state index contributed by atoms with van der Waals surface area (Å²) in [6.07, 6.45) is -8.12. The fourth-order valence-electron chi connectivity index (χ4n) is 9.73.